The van der Waals surface area contributed by atoms with E-state index >= 15 is 0 Å². The monoisotopic (exact) mass is 539 g/mol. The molecule has 3 atom stereocenters. The molecule has 2 fully saturated rings. The molecule has 2 aliphatic heterocycles. The quantitative estimate of drug-likeness (QED) is 0.323. The van der Waals surface area contributed by atoms with Gasteiger partial charge in [0.15, 0.2) is 0 Å². The number of ether oxygens (including phenoxy) is 1. The number of halogens is 4. The number of alkyl halides is 3. The molecular weight excluding hydrogens is 523 g/mol. The lowest BCUT2D eigenvalue weighted by Gasteiger charge is -2.28. The third kappa shape index (κ3) is 3.18. The summed E-state index contributed by atoms with van der Waals surface area (Å²) in [5.74, 6) is -6.23. The van der Waals surface area contributed by atoms with Gasteiger partial charge >= 0.3 is 6.18 Å². The van der Waals surface area contributed by atoms with Crippen LogP contribution in [0.4, 0.5) is 18.9 Å². The lowest BCUT2D eigenvalue weighted by atomic mass is 9.77. The molecule has 38 heavy (non-hydrogen) atoms. The van der Waals surface area contributed by atoms with E-state index in [0.717, 1.165) is 18.2 Å². The Morgan fingerprint density at radius 3 is 2.05 bits per heavy atom. The average Bonchev–Trinajstić information content (AvgIpc) is 3.44. The Balaban J connectivity index is 1.54. The van der Waals surface area contributed by atoms with Gasteiger partial charge in [0.05, 0.1) is 29.2 Å². The van der Waals surface area contributed by atoms with Crippen molar-refractivity contribution in [2.45, 2.75) is 24.8 Å². The Bertz CT molecular complexity index is 1530. The molecule has 0 bridgehead atoms. The summed E-state index contributed by atoms with van der Waals surface area (Å²) in [4.78, 5) is 56.0. The van der Waals surface area contributed by atoms with Gasteiger partial charge in [0.25, 0.3) is 0 Å². The molecule has 0 aromatic heterocycles. The summed E-state index contributed by atoms with van der Waals surface area (Å²) in [6.07, 6.45) is -5.92. The van der Waals surface area contributed by atoms with Crippen molar-refractivity contribution >= 4 is 40.7 Å². The largest absolute Gasteiger partial charge is 0.416 e. The average molecular weight is 540 g/mol. The molecule has 0 unspecified atom stereocenters. The van der Waals surface area contributed by atoms with Crippen molar-refractivity contribution < 1.29 is 37.1 Å². The normalized spacial score (nSPS) is 23.9. The van der Waals surface area contributed by atoms with Crippen molar-refractivity contribution in [2.24, 2.45) is 11.8 Å². The van der Waals surface area contributed by atoms with E-state index in [2.05, 4.69) is 0 Å². The van der Waals surface area contributed by atoms with E-state index in [4.69, 9.17) is 16.3 Å². The van der Waals surface area contributed by atoms with Crippen LogP contribution in [-0.4, -0.2) is 29.0 Å². The number of amides is 2. The summed E-state index contributed by atoms with van der Waals surface area (Å²) in [5.41, 5.74) is -2.88. The first kappa shape index (κ1) is 24.5. The van der Waals surface area contributed by atoms with Crippen LogP contribution in [0.2, 0.25) is 5.02 Å². The Kier molecular flexibility index (Phi) is 5.22. The number of aryl methyl sites for hydroxylation is 1. The van der Waals surface area contributed by atoms with Crippen LogP contribution in [-0.2, 0) is 20.5 Å². The third-order valence-electron chi connectivity index (χ3n) is 7.49. The number of hydrogen-bond acceptors (Lipinski definition) is 5. The molecule has 6 nitrogen and oxygen atoms in total. The van der Waals surface area contributed by atoms with Crippen LogP contribution in [0.5, 0.6) is 0 Å². The van der Waals surface area contributed by atoms with Crippen molar-refractivity contribution in [3.8, 4) is 0 Å². The fourth-order valence-electron chi connectivity index (χ4n) is 5.73. The maximum Gasteiger partial charge on any atom is 0.416 e. The highest BCUT2D eigenvalue weighted by Gasteiger charge is 2.74. The number of rotatable bonds is 2. The summed E-state index contributed by atoms with van der Waals surface area (Å²) in [7, 11) is 0. The number of imide groups is 1. The molecule has 1 aliphatic carbocycles. The molecule has 3 aliphatic rings. The van der Waals surface area contributed by atoms with Gasteiger partial charge in [-0.15, -0.1) is 0 Å². The number of fused-ring (bicyclic) bond motifs is 3. The number of anilines is 1. The van der Waals surface area contributed by atoms with Crippen LogP contribution in [0.15, 0.2) is 66.7 Å². The Morgan fingerprint density at radius 2 is 1.47 bits per heavy atom. The van der Waals surface area contributed by atoms with Crippen molar-refractivity contribution in [1.82, 2.24) is 0 Å². The molecule has 0 radical (unpaired) electrons. The lowest BCUT2D eigenvalue weighted by Crippen LogP contribution is -2.51. The predicted molar refractivity (Wildman–Crippen MR) is 129 cm³/mol. The number of benzene rings is 3. The molecule has 6 rings (SSSR count). The lowest BCUT2D eigenvalue weighted by molar-refractivity contribution is -0.137. The second-order valence-electron chi connectivity index (χ2n) is 9.54. The van der Waals surface area contributed by atoms with Crippen molar-refractivity contribution in [3.05, 3.63) is 99.6 Å². The highest BCUT2D eigenvalue weighted by Crippen LogP contribution is 2.58. The van der Waals surface area contributed by atoms with Gasteiger partial charge < -0.3 is 4.74 Å². The topological polar surface area (TPSA) is 80.8 Å². The van der Waals surface area contributed by atoms with Crippen molar-refractivity contribution in [3.63, 3.8) is 0 Å². The first-order chi connectivity index (χ1) is 18.0. The van der Waals surface area contributed by atoms with Crippen LogP contribution in [0.25, 0.3) is 0 Å². The molecule has 192 valence electrons. The second kappa shape index (κ2) is 8.09. The van der Waals surface area contributed by atoms with Gasteiger partial charge in [-0.3, -0.25) is 19.2 Å². The van der Waals surface area contributed by atoms with E-state index < -0.39 is 58.7 Å². The van der Waals surface area contributed by atoms with E-state index in [9.17, 15) is 32.3 Å². The van der Waals surface area contributed by atoms with Gasteiger partial charge in [0, 0.05) is 16.1 Å². The maximum atomic E-state index is 14.0. The maximum absolute atomic E-state index is 14.0. The first-order valence-electron chi connectivity index (χ1n) is 11.6. The number of carbonyl (C=O) groups is 4. The number of Topliss-reactive ketones (excluding diaryl/α,β-unsaturated/α-hetero) is 2. The number of hydrogen-bond donors (Lipinski definition) is 0. The summed E-state index contributed by atoms with van der Waals surface area (Å²) < 4.78 is 46.7. The highest BCUT2D eigenvalue weighted by molar-refractivity contribution is 6.37. The molecule has 0 N–H and O–H groups in total. The number of ketones is 2. The summed E-state index contributed by atoms with van der Waals surface area (Å²) in [5, 5.41) is 0.383. The van der Waals surface area contributed by atoms with Gasteiger partial charge in [-0.2, -0.15) is 13.2 Å². The molecular formula is C28H17ClF3NO5. The van der Waals surface area contributed by atoms with Gasteiger partial charge in [0.1, 0.15) is 0 Å². The standard InChI is InChI=1S/C28H17ClF3NO5/c1-13-6-9-15(28(30,31)32)12-19(13)33-25(36)20-21(26(33)37)27(38-22(20)14-7-10-16(29)11-8-14)23(34)17-4-2-3-5-18(17)24(27)35/h2-12,20-22H,1H3/t20-,21-,22+/m0/s1. The smallest absolute Gasteiger partial charge is 0.349 e. The molecule has 2 amide bonds. The van der Waals surface area contributed by atoms with E-state index in [-0.39, 0.29) is 22.4 Å². The highest BCUT2D eigenvalue weighted by atomic mass is 35.5. The van der Waals surface area contributed by atoms with Gasteiger partial charge in [-0.25, -0.2) is 4.90 Å². The first-order valence-corrected chi connectivity index (χ1v) is 12.0. The van der Waals surface area contributed by atoms with Crippen LogP contribution < -0.4 is 4.90 Å². The van der Waals surface area contributed by atoms with Crippen LogP contribution in [0.1, 0.15) is 43.5 Å². The minimum Gasteiger partial charge on any atom is -0.349 e. The molecule has 2 saturated heterocycles. The summed E-state index contributed by atoms with van der Waals surface area (Å²) in [6.45, 7) is 1.47. The third-order valence-corrected chi connectivity index (χ3v) is 7.75. The van der Waals surface area contributed by atoms with Crippen molar-refractivity contribution in [1.29, 1.82) is 0 Å². The van der Waals surface area contributed by atoms with Crippen molar-refractivity contribution in [2.75, 3.05) is 4.90 Å². The van der Waals surface area contributed by atoms with Crippen LogP contribution >= 0.6 is 11.6 Å². The fourth-order valence-corrected chi connectivity index (χ4v) is 5.86. The SMILES string of the molecule is Cc1ccc(C(F)(F)F)cc1N1C(=O)[C@@H]2[C@@H](c3ccc(Cl)cc3)OC3(C(=O)c4ccccc4C3=O)[C@@H]2C1=O. The van der Waals surface area contributed by atoms with Gasteiger partial charge in [-0.05, 0) is 42.3 Å². The van der Waals surface area contributed by atoms with E-state index in [0.29, 0.717) is 15.5 Å². The molecule has 3 aromatic rings. The van der Waals surface area contributed by atoms with Gasteiger partial charge in [-0.1, -0.05) is 54.1 Å². The Labute approximate surface area is 218 Å². The molecule has 2 heterocycles. The number of nitrogens with zero attached hydrogens (tertiary/aromatic N) is 1. The molecule has 1 spiro atoms. The Hall–Kier alpha value is -3.82. The molecule has 3 aromatic carbocycles. The zero-order chi connectivity index (χ0) is 27.1. The molecule has 10 heteroatoms. The molecule has 0 saturated carbocycles. The van der Waals surface area contributed by atoms with E-state index in [1.165, 1.54) is 31.2 Å². The van der Waals surface area contributed by atoms with Gasteiger partial charge in [0.2, 0.25) is 29.0 Å². The van der Waals surface area contributed by atoms with E-state index in [1.54, 1.807) is 24.3 Å². The predicted octanol–water partition coefficient (Wildman–Crippen LogP) is 5.36. The summed E-state index contributed by atoms with van der Waals surface area (Å²) >= 11 is 6.01. The minimum atomic E-state index is -4.72. The van der Waals surface area contributed by atoms with E-state index in [1.807, 2.05) is 0 Å². The van der Waals surface area contributed by atoms with Crippen LogP contribution in [0.3, 0.4) is 0 Å². The zero-order valence-electron chi connectivity index (χ0n) is 19.6. The second-order valence-corrected chi connectivity index (χ2v) is 9.98. The minimum absolute atomic E-state index is 0.0574. The summed E-state index contributed by atoms with van der Waals surface area (Å²) in [6, 6.07) is 14.9. The fraction of sp³-hybridized carbons (Fsp3) is 0.214. The Morgan fingerprint density at radius 1 is 0.868 bits per heavy atom. The zero-order valence-corrected chi connectivity index (χ0v) is 20.3. The number of carbonyl (C=O) groups excluding carboxylic acids is 4. The van der Waals surface area contributed by atoms with Crippen LogP contribution in [0, 0.1) is 18.8 Å².